The van der Waals surface area contributed by atoms with Gasteiger partial charge in [-0.15, -0.1) is 0 Å². The van der Waals surface area contributed by atoms with Crippen molar-refractivity contribution < 1.29 is 18.0 Å². The third-order valence-electron chi connectivity index (χ3n) is 5.63. The van der Waals surface area contributed by atoms with Gasteiger partial charge in [-0.1, -0.05) is 6.92 Å². The Bertz CT molecular complexity index is 1180. The summed E-state index contributed by atoms with van der Waals surface area (Å²) in [5.41, 5.74) is 2.76. The predicted octanol–water partition coefficient (Wildman–Crippen LogP) is 4.66. The number of nitrogens with one attached hydrogen (secondary N) is 1. The number of carbonyl (C=O) groups excluding carboxylic acids is 1. The van der Waals surface area contributed by atoms with Crippen LogP contribution in [0.4, 0.5) is 18.9 Å². The average Bonchev–Trinajstić information content (AvgIpc) is 3.28. The molecule has 0 spiro atoms. The molecule has 1 fully saturated rings. The van der Waals surface area contributed by atoms with Gasteiger partial charge in [0.2, 0.25) is 5.91 Å². The molecule has 2 aliphatic rings. The highest BCUT2D eigenvalue weighted by Gasteiger charge is 2.38. The maximum Gasteiger partial charge on any atom is 0.418 e. The number of hydrogen-bond donors (Lipinski definition) is 1. The number of pyridine rings is 1. The number of hydrogen-bond acceptors (Lipinski definition) is 3. The molecular formula is C21H19F3N4O. The average molecular weight is 400 g/mol. The van der Waals surface area contributed by atoms with Crippen LogP contribution in [0, 0.1) is 6.92 Å². The zero-order chi connectivity index (χ0) is 20.5. The highest BCUT2D eigenvalue weighted by molar-refractivity contribution is 6.00. The Balaban J connectivity index is 1.83. The Labute approximate surface area is 164 Å². The predicted molar refractivity (Wildman–Crippen MR) is 102 cm³/mol. The van der Waals surface area contributed by atoms with Crippen molar-refractivity contribution in [3.05, 3.63) is 46.3 Å². The van der Waals surface area contributed by atoms with E-state index in [9.17, 15) is 18.0 Å². The second kappa shape index (κ2) is 6.05. The molecule has 1 amide bonds. The summed E-state index contributed by atoms with van der Waals surface area (Å²) in [6.45, 7) is 3.60. The normalized spacial score (nSPS) is 16.4. The summed E-state index contributed by atoms with van der Waals surface area (Å²) < 4.78 is 43.6. The minimum Gasteiger partial charge on any atom is -0.325 e. The van der Waals surface area contributed by atoms with Crippen molar-refractivity contribution in [2.45, 2.75) is 51.6 Å². The Hall–Kier alpha value is -2.90. The highest BCUT2D eigenvalue weighted by atomic mass is 19.4. The van der Waals surface area contributed by atoms with Gasteiger partial charge in [0.25, 0.3) is 0 Å². The SMILES string of the molecule is CCc1cc(C(F)(F)F)c(-c2cc(C)c3c(c2)CC(=O)N3)n2nc(C3CC3)nc12. The number of anilines is 1. The number of amides is 1. The number of fused-ring (bicyclic) bond motifs is 2. The first-order valence-corrected chi connectivity index (χ1v) is 9.69. The fourth-order valence-electron chi connectivity index (χ4n) is 4.05. The van der Waals surface area contributed by atoms with Crippen LogP contribution in [0.3, 0.4) is 0 Å². The molecule has 0 radical (unpaired) electrons. The molecule has 29 heavy (non-hydrogen) atoms. The molecule has 0 atom stereocenters. The van der Waals surface area contributed by atoms with Crippen molar-refractivity contribution in [1.82, 2.24) is 14.6 Å². The van der Waals surface area contributed by atoms with Crippen LogP contribution >= 0.6 is 0 Å². The van der Waals surface area contributed by atoms with Gasteiger partial charge in [0.05, 0.1) is 17.7 Å². The van der Waals surface area contributed by atoms with Crippen molar-refractivity contribution in [3.8, 4) is 11.3 Å². The summed E-state index contributed by atoms with van der Waals surface area (Å²) in [4.78, 5) is 16.4. The lowest BCUT2D eigenvalue weighted by atomic mass is 9.97. The lowest BCUT2D eigenvalue weighted by Gasteiger charge is -2.17. The third kappa shape index (κ3) is 2.89. The maximum atomic E-state index is 14.1. The Morgan fingerprint density at radius 2 is 2.00 bits per heavy atom. The first-order valence-electron chi connectivity index (χ1n) is 9.69. The van der Waals surface area contributed by atoms with Gasteiger partial charge in [-0.3, -0.25) is 4.79 Å². The summed E-state index contributed by atoms with van der Waals surface area (Å²) >= 11 is 0. The quantitative estimate of drug-likeness (QED) is 0.696. The van der Waals surface area contributed by atoms with Crippen LogP contribution in [0.2, 0.25) is 0 Å². The minimum atomic E-state index is -4.54. The van der Waals surface area contributed by atoms with Crippen LogP contribution in [0.25, 0.3) is 16.9 Å². The van der Waals surface area contributed by atoms with Crippen molar-refractivity contribution in [2.24, 2.45) is 0 Å². The topological polar surface area (TPSA) is 59.3 Å². The number of carbonyl (C=O) groups is 1. The standard InChI is InChI=1S/C21H19F3N4O/c1-3-11-8-15(21(22,23)24)18(28-20(11)26-19(27-28)12-4-5-12)14-6-10(2)17-13(7-14)9-16(29)25-17/h6-8,12H,3-5,9H2,1-2H3,(H,25,29). The molecule has 3 aromatic rings. The molecule has 2 aromatic heterocycles. The minimum absolute atomic E-state index is 0.0191. The fourth-order valence-corrected chi connectivity index (χ4v) is 4.05. The number of halogens is 3. The van der Waals surface area contributed by atoms with Crippen LogP contribution in [0.1, 0.15) is 53.8 Å². The van der Waals surface area contributed by atoms with Gasteiger partial charge < -0.3 is 5.32 Å². The Morgan fingerprint density at radius 3 is 2.66 bits per heavy atom. The smallest absolute Gasteiger partial charge is 0.325 e. The number of aryl methyl sites for hydroxylation is 2. The van der Waals surface area contributed by atoms with Gasteiger partial charge in [0.1, 0.15) is 0 Å². The molecule has 150 valence electrons. The van der Waals surface area contributed by atoms with Crippen LogP contribution < -0.4 is 5.32 Å². The van der Waals surface area contributed by atoms with Gasteiger partial charge >= 0.3 is 6.18 Å². The largest absolute Gasteiger partial charge is 0.418 e. The van der Waals surface area contributed by atoms with Gasteiger partial charge in [-0.05, 0) is 61.1 Å². The number of rotatable bonds is 3. The zero-order valence-electron chi connectivity index (χ0n) is 16.0. The first-order chi connectivity index (χ1) is 13.8. The second-order valence-electron chi connectivity index (χ2n) is 7.82. The Kier molecular flexibility index (Phi) is 3.78. The summed E-state index contributed by atoms with van der Waals surface area (Å²) in [6, 6.07) is 4.54. The monoisotopic (exact) mass is 400 g/mol. The second-order valence-corrected chi connectivity index (χ2v) is 7.82. The van der Waals surface area contributed by atoms with Crippen LogP contribution in [-0.4, -0.2) is 20.5 Å². The molecule has 0 bridgehead atoms. The molecule has 0 unspecified atom stereocenters. The highest BCUT2D eigenvalue weighted by Crippen LogP contribution is 2.43. The molecule has 1 aromatic carbocycles. The van der Waals surface area contributed by atoms with E-state index < -0.39 is 11.7 Å². The summed E-state index contributed by atoms with van der Waals surface area (Å²) in [6.07, 6.45) is -2.03. The van der Waals surface area contributed by atoms with E-state index >= 15 is 0 Å². The molecule has 3 heterocycles. The van der Waals surface area contributed by atoms with Crippen molar-refractivity contribution in [3.63, 3.8) is 0 Å². The summed E-state index contributed by atoms with van der Waals surface area (Å²) in [5.74, 6) is 0.680. The van der Waals surface area contributed by atoms with E-state index in [0.717, 1.165) is 18.4 Å². The van der Waals surface area contributed by atoms with Crippen LogP contribution in [0.15, 0.2) is 18.2 Å². The van der Waals surface area contributed by atoms with E-state index in [2.05, 4.69) is 15.4 Å². The molecule has 1 saturated carbocycles. The molecular weight excluding hydrogens is 381 g/mol. The lowest BCUT2D eigenvalue weighted by molar-refractivity contribution is -0.137. The van der Waals surface area contributed by atoms with Crippen LogP contribution in [-0.2, 0) is 23.8 Å². The van der Waals surface area contributed by atoms with E-state index in [1.807, 2.05) is 6.92 Å². The third-order valence-corrected chi connectivity index (χ3v) is 5.63. The van der Waals surface area contributed by atoms with Crippen molar-refractivity contribution in [1.29, 1.82) is 0 Å². The molecule has 5 nitrogen and oxygen atoms in total. The van der Waals surface area contributed by atoms with E-state index in [-0.39, 0.29) is 23.9 Å². The number of benzene rings is 1. The Morgan fingerprint density at radius 1 is 1.24 bits per heavy atom. The fraction of sp³-hybridized carbons (Fsp3) is 0.381. The molecule has 5 rings (SSSR count). The molecule has 1 aliphatic carbocycles. The van der Waals surface area contributed by atoms with Gasteiger partial charge in [0, 0.05) is 17.2 Å². The number of aromatic nitrogens is 3. The zero-order valence-corrected chi connectivity index (χ0v) is 16.0. The first kappa shape index (κ1) is 18.1. The lowest BCUT2D eigenvalue weighted by Crippen LogP contribution is -2.13. The van der Waals surface area contributed by atoms with E-state index in [0.29, 0.717) is 40.3 Å². The summed E-state index contributed by atoms with van der Waals surface area (Å²) in [5, 5.41) is 7.27. The maximum absolute atomic E-state index is 14.1. The molecule has 0 saturated heterocycles. The number of alkyl halides is 3. The van der Waals surface area contributed by atoms with Crippen molar-refractivity contribution >= 4 is 17.2 Å². The summed E-state index contributed by atoms with van der Waals surface area (Å²) in [7, 11) is 0. The van der Waals surface area contributed by atoms with Crippen LogP contribution in [0.5, 0.6) is 0 Å². The molecule has 8 heteroatoms. The van der Waals surface area contributed by atoms with E-state index in [4.69, 9.17) is 0 Å². The van der Waals surface area contributed by atoms with Crippen molar-refractivity contribution in [2.75, 3.05) is 5.32 Å². The molecule has 1 aliphatic heterocycles. The number of nitrogens with zero attached hydrogens (tertiary/aromatic N) is 3. The van der Waals surface area contributed by atoms with Gasteiger partial charge in [0.15, 0.2) is 11.5 Å². The van der Waals surface area contributed by atoms with Gasteiger partial charge in [-0.25, -0.2) is 9.50 Å². The van der Waals surface area contributed by atoms with Gasteiger partial charge in [-0.2, -0.15) is 18.3 Å². The molecule has 1 N–H and O–H groups in total. The van der Waals surface area contributed by atoms with E-state index in [1.54, 1.807) is 19.1 Å². The van der Waals surface area contributed by atoms with E-state index in [1.165, 1.54) is 10.6 Å².